The summed E-state index contributed by atoms with van der Waals surface area (Å²) in [5.41, 5.74) is 1.11. The zero-order chi connectivity index (χ0) is 13.7. The number of carbonyl (C=O) groups is 1. The van der Waals surface area contributed by atoms with Gasteiger partial charge in [-0.3, -0.25) is 4.79 Å². The van der Waals surface area contributed by atoms with Crippen molar-refractivity contribution in [1.29, 1.82) is 0 Å². The highest BCUT2D eigenvalue weighted by molar-refractivity contribution is 9.10. The van der Waals surface area contributed by atoms with Gasteiger partial charge >= 0.3 is 0 Å². The van der Waals surface area contributed by atoms with Crippen LogP contribution in [0.2, 0.25) is 0 Å². The molecule has 2 rings (SSSR count). The number of rotatable bonds is 5. The molecule has 0 spiro atoms. The molecule has 3 nitrogen and oxygen atoms in total. The van der Waals surface area contributed by atoms with Crippen molar-refractivity contribution in [3.05, 3.63) is 34.3 Å². The van der Waals surface area contributed by atoms with Crippen molar-refractivity contribution in [3.8, 4) is 0 Å². The van der Waals surface area contributed by atoms with Crippen molar-refractivity contribution < 1.29 is 4.79 Å². The summed E-state index contributed by atoms with van der Waals surface area (Å²) in [6, 6.07) is 8.61. The van der Waals surface area contributed by atoms with Crippen molar-refractivity contribution >= 4 is 21.8 Å². The molecule has 1 atom stereocenters. The Bertz CT molecular complexity index is 430. The number of hydrogen-bond acceptors (Lipinski definition) is 2. The first kappa shape index (κ1) is 14.5. The normalized spacial score (nSPS) is 17.4. The van der Waals surface area contributed by atoms with E-state index in [0.717, 1.165) is 10.0 Å². The van der Waals surface area contributed by atoms with E-state index in [4.69, 9.17) is 0 Å². The SMILES string of the molecule is C[C@H](NC(=O)CNC1CCCC1)c1cccc(Br)c1. The molecule has 0 saturated heterocycles. The number of benzene rings is 1. The monoisotopic (exact) mass is 324 g/mol. The molecule has 19 heavy (non-hydrogen) atoms. The molecule has 0 aliphatic heterocycles. The summed E-state index contributed by atoms with van der Waals surface area (Å²) < 4.78 is 1.04. The standard InChI is InChI=1S/C15H21BrN2O/c1-11(12-5-4-6-13(16)9-12)18-15(19)10-17-14-7-2-3-8-14/h4-6,9,11,14,17H,2-3,7-8,10H2,1H3,(H,18,19)/t11-/m0/s1. The van der Waals surface area contributed by atoms with Gasteiger partial charge in [-0.2, -0.15) is 0 Å². The maximum atomic E-state index is 11.9. The Morgan fingerprint density at radius 3 is 2.84 bits per heavy atom. The van der Waals surface area contributed by atoms with Gasteiger partial charge in [-0.15, -0.1) is 0 Å². The van der Waals surface area contributed by atoms with Crippen molar-refractivity contribution in [1.82, 2.24) is 10.6 Å². The second-order valence-electron chi connectivity index (χ2n) is 5.21. The van der Waals surface area contributed by atoms with Crippen LogP contribution in [0.25, 0.3) is 0 Å². The molecule has 104 valence electrons. The average Bonchev–Trinajstić information content (AvgIpc) is 2.89. The quantitative estimate of drug-likeness (QED) is 0.873. The van der Waals surface area contributed by atoms with Crippen molar-refractivity contribution in [2.45, 2.75) is 44.7 Å². The molecule has 1 saturated carbocycles. The third kappa shape index (κ3) is 4.62. The summed E-state index contributed by atoms with van der Waals surface area (Å²) in [6.07, 6.45) is 4.98. The summed E-state index contributed by atoms with van der Waals surface area (Å²) in [7, 11) is 0. The van der Waals surface area contributed by atoms with E-state index in [0.29, 0.717) is 12.6 Å². The highest BCUT2D eigenvalue weighted by Gasteiger charge is 2.16. The van der Waals surface area contributed by atoms with E-state index in [-0.39, 0.29) is 11.9 Å². The molecule has 0 radical (unpaired) electrons. The van der Waals surface area contributed by atoms with Gasteiger partial charge in [-0.25, -0.2) is 0 Å². The number of hydrogen-bond donors (Lipinski definition) is 2. The van der Waals surface area contributed by atoms with Gasteiger partial charge in [-0.05, 0) is 37.5 Å². The molecule has 1 amide bonds. The number of amides is 1. The van der Waals surface area contributed by atoms with Crippen LogP contribution in [0.4, 0.5) is 0 Å². The number of nitrogens with one attached hydrogen (secondary N) is 2. The number of halogens is 1. The fourth-order valence-electron chi connectivity index (χ4n) is 2.52. The first-order valence-electron chi connectivity index (χ1n) is 6.93. The molecule has 0 bridgehead atoms. The maximum Gasteiger partial charge on any atom is 0.234 e. The van der Waals surface area contributed by atoms with Crippen molar-refractivity contribution in [3.63, 3.8) is 0 Å². The predicted octanol–water partition coefficient (Wildman–Crippen LogP) is 3.16. The molecule has 1 aromatic rings. The minimum Gasteiger partial charge on any atom is -0.348 e. The van der Waals surface area contributed by atoms with Crippen LogP contribution in [0.15, 0.2) is 28.7 Å². The van der Waals surface area contributed by atoms with E-state index in [9.17, 15) is 4.79 Å². The van der Waals surface area contributed by atoms with Crippen LogP contribution in [0, 0.1) is 0 Å². The smallest absolute Gasteiger partial charge is 0.234 e. The zero-order valence-electron chi connectivity index (χ0n) is 11.3. The fraction of sp³-hybridized carbons (Fsp3) is 0.533. The van der Waals surface area contributed by atoms with Gasteiger partial charge in [0.1, 0.15) is 0 Å². The Hall–Kier alpha value is -0.870. The van der Waals surface area contributed by atoms with Gasteiger partial charge in [0.25, 0.3) is 0 Å². The van der Waals surface area contributed by atoms with Gasteiger partial charge in [0.15, 0.2) is 0 Å². The van der Waals surface area contributed by atoms with Crippen LogP contribution in [0.1, 0.15) is 44.2 Å². The van der Waals surface area contributed by atoms with Crippen molar-refractivity contribution in [2.24, 2.45) is 0 Å². The van der Waals surface area contributed by atoms with Crippen LogP contribution in [-0.2, 0) is 4.79 Å². The zero-order valence-corrected chi connectivity index (χ0v) is 12.9. The Kier molecular flexibility index (Phi) is 5.40. The van der Waals surface area contributed by atoms with Crippen LogP contribution >= 0.6 is 15.9 Å². The molecule has 0 heterocycles. The molecule has 1 fully saturated rings. The lowest BCUT2D eigenvalue weighted by atomic mass is 10.1. The van der Waals surface area contributed by atoms with E-state index in [2.05, 4.69) is 26.6 Å². The Balaban J connectivity index is 1.77. The van der Waals surface area contributed by atoms with E-state index >= 15 is 0 Å². The largest absolute Gasteiger partial charge is 0.348 e. The Morgan fingerprint density at radius 2 is 2.16 bits per heavy atom. The summed E-state index contributed by atoms with van der Waals surface area (Å²) >= 11 is 3.45. The van der Waals surface area contributed by atoms with Gasteiger partial charge in [0.2, 0.25) is 5.91 Å². The highest BCUT2D eigenvalue weighted by Crippen LogP contribution is 2.18. The maximum absolute atomic E-state index is 11.9. The van der Waals surface area contributed by atoms with Crippen LogP contribution < -0.4 is 10.6 Å². The second-order valence-corrected chi connectivity index (χ2v) is 6.12. The molecule has 2 N–H and O–H groups in total. The van der Waals surface area contributed by atoms with E-state index in [1.165, 1.54) is 25.7 Å². The van der Waals surface area contributed by atoms with Crippen LogP contribution in [-0.4, -0.2) is 18.5 Å². The molecular weight excluding hydrogens is 304 g/mol. The van der Waals surface area contributed by atoms with Gasteiger partial charge < -0.3 is 10.6 Å². The fourth-order valence-corrected chi connectivity index (χ4v) is 2.94. The van der Waals surface area contributed by atoms with E-state index < -0.39 is 0 Å². The molecule has 1 aliphatic rings. The van der Waals surface area contributed by atoms with E-state index in [1.807, 2.05) is 31.2 Å². The van der Waals surface area contributed by atoms with Gasteiger partial charge in [0, 0.05) is 10.5 Å². The minimum atomic E-state index is 0.0374. The Labute approximate surface area is 123 Å². The molecule has 4 heteroatoms. The lowest BCUT2D eigenvalue weighted by Gasteiger charge is -2.16. The van der Waals surface area contributed by atoms with Crippen LogP contribution in [0.3, 0.4) is 0 Å². The first-order valence-corrected chi connectivity index (χ1v) is 7.72. The third-order valence-corrected chi connectivity index (χ3v) is 4.13. The van der Waals surface area contributed by atoms with E-state index in [1.54, 1.807) is 0 Å². The lowest BCUT2D eigenvalue weighted by Crippen LogP contribution is -2.39. The summed E-state index contributed by atoms with van der Waals surface area (Å²) in [5, 5.41) is 6.35. The highest BCUT2D eigenvalue weighted by atomic mass is 79.9. The molecule has 1 aromatic carbocycles. The topological polar surface area (TPSA) is 41.1 Å². The summed E-state index contributed by atoms with van der Waals surface area (Å²) in [6.45, 7) is 2.43. The molecule has 1 aliphatic carbocycles. The third-order valence-electron chi connectivity index (χ3n) is 3.63. The number of carbonyl (C=O) groups excluding carboxylic acids is 1. The average molecular weight is 325 g/mol. The second kappa shape index (κ2) is 7.06. The lowest BCUT2D eigenvalue weighted by molar-refractivity contribution is -0.121. The molecule has 0 unspecified atom stereocenters. The molecule has 0 aromatic heterocycles. The Morgan fingerprint density at radius 1 is 1.42 bits per heavy atom. The van der Waals surface area contributed by atoms with Crippen LogP contribution in [0.5, 0.6) is 0 Å². The minimum absolute atomic E-state index is 0.0374. The van der Waals surface area contributed by atoms with Crippen molar-refractivity contribution in [2.75, 3.05) is 6.54 Å². The van der Waals surface area contributed by atoms with Gasteiger partial charge in [0.05, 0.1) is 12.6 Å². The summed E-state index contributed by atoms with van der Waals surface area (Å²) in [4.78, 5) is 11.9. The first-order chi connectivity index (χ1) is 9.15. The molecular formula is C15H21BrN2O. The predicted molar refractivity (Wildman–Crippen MR) is 81.0 cm³/mol. The van der Waals surface area contributed by atoms with Gasteiger partial charge in [-0.1, -0.05) is 40.9 Å². The summed E-state index contributed by atoms with van der Waals surface area (Å²) in [5.74, 6) is 0.0689.